The summed E-state index contributed by atoms with van der Waals surface area (Å²) >= 11 is 0. The monoisotopic (exact) mass is 238 g/mol. The molecule has 0 aromatic heterocycles. The number of hydrogen-bond acceptors (Lipinski definition) is 3. The zero-order valence-corrected chi connectivity index (χ0v) is 11.2. The topological polar surface area (TPSA) is 27.7 Å². The van der Waals surface area contributed by atoms with E-state index in [9.17, 15) is 0 Å². The molecule has 1 aromatic carbocycles. The molecule has 1 atom stereocenters. The van der Waals surface area contributed by atoms with Gasteiger partial charge >= 0.3 is 0 Å². The third-order valence-electron chi connectivity index (χ3n) is 2.74. The molecule has 1 aromatic rings. The maximum absolute atomic E-state index is 5.75. The molecule has 0 N–H and O–H groups in total. The van der Waals surface area contributed by atoms with Crippen LogP contribution in [0.5, 0.6) is 11.5 Å². The van der Waals surface area contributed by atoms with Crippen molar-refractivity contribution in [2.45, 2.75) is 32.8 Å². The fourth-order valence-electron chi connectivity index (χ4n) is 1.61. The van der Waals surface area contributed by atoms with Crippen LogP contribution < -0.4 is 9.47 Å². The van der Waals surface area contributed by atoms with Crippen LogP contribution in [-0.4, -0.2) is 20.8 Å². The van der Waals surface area contributed by atoms with E-state index in [-0.39, 0.29) is 6.10 Å². The molecular weight excluding hydrogens is 216 g/mol. The van der Waals surface area contributed by atoms with Crippen molar-refractivity contribution in [2.75, 3.05) is 20.8 Å². The van der Waals surface area contributed by atoms with E-state index >= 15 is 0 Å². The molecule has 1 unspecified atom stereocenters. The lowest BCUT2D eigenvalue weighted by Gasteiger charge is -2.15. The Morgan fingerprint density at radius 2 is 1.82 bits per heavy atom. The van der Waals surface area contributed by atoms with Crippen molar-refractivity contribution < 1.29 is 14.2 Å². The zero-order valence-electron chi connectivity index (χ0n) is 11.2. The minimum absolute atomic E-state index is 0.0846. The van der Waals surface area contributed by atoms with Crippen LogP contribution in [0.15, 0.2) is 18.2 Å². The molecule has 0 radical (unpaired) electrons. The molecule has 0 saturated carbocycles. The Hall–Kier alpha value is -1.22. The number of benzene rings is 1. The van der Waals surface area contributed by atoms with Crippen molar-refractivity contribution in [3.05, 3.63) is 23.8 Å². The Bertz CT molecular complexity index is 336. The Morgan fingerprint density at radius 1 is 1.12 bits per heavy atom. The Morgan fingerprint density at radius 3 is 2.41 bits per heavy atom. The van der Waals surface area contributed by atoms with Crippen LogP contribution in [-0.2, 0) is 4.74 Å². The molecule has 0 spiro atoms. The fourth-order valence-corrected chi connectivity index (χ4v) is 1.61. The number of hydrogen-bond donors (Lipinski definition) is 0. The second kappa shape index (κ2) is 7.17. The smallest absolute Gasteiger partial charge is 0.161 e. The quantitative estimate of drug-likeness (QED) is 0.679. The second-order valence-electron chi connectivity index (χ2n) is 3.98. The fraction of sp³-hybridized carbons (Fsp3) is 0.571. The molecule has 0 bridgehead atoms. The summed E-state index contributed by atoms with van der Waals surface area (Å²) in [5.74, 6) is 1.49. The van der Waals surface area contributed by atoms with Crippen molar-refractivity contribution in [1.82, 2.24) is 0 Å². The van der Waals surface area contributed by atoms with E-state index in [4.69, 9.17) is 14.2 Å². The van der Waals surface area contributed by atoms with E-state index in [2.05, 4.69) is 13.8 Å². The maximum atomic E-state index is 5.75. The minimum atomic E-state index is 0.0846. The van der Waals surface area contributed by atoms with Gasteiger partial charge in [-0.15, -0.1) is 0 Å². The van der Waals surface area contributed by atoms with E-state index in [0.29, 0.717) is 0 Å². The first-order valence-electron chi connectivity index (χ1n) is 6.06. The van der Waals surface area contributed by atoms with Crippen LogP contribution in [0.1, 0.15) is 38.4 Å². The summed E-state index contributed by atoms with van der Waals surface area (Å²) < 4.78 is 16.2. The molecule has 3 heteroatoms. The lowest BCUT2D eigenvalue weighted by molar-refractivity contribution is 0.0635. The van der Waals surface area contributed by atoms with E-state index in [1.165, 1.54) is 0 Å². The molecule has 0 saturated heterocycles. The van der Waals surface area contributed by atoms with Crippen LogP contribution >= 0.6 is 0 Å². The van der Waals surface area contributed by atoms with Crippen LogP contribution in [0, 0.1) is 0 Å². The van der Waals surface area contributed by atoms with Crippen molar-refractivity contribution in [3.8, 4) is 11.5 Å². The third-order valence-corrected chi connectivity index (χ3v) is 2.74. The highest BCUT2D eigenvalue weighted by molar-refractivity contribution is 5.43. The van der Waals surface area contributed by atoms with Crippen LogP contribution in [0.2, 0.25) is 0 Å². The van der Waals surface area contributed by atoms with Crippen molar-refractivity contribution >= 4 is 0 Å². The van der Waals surface area contributed by atoms with Gasteiger partial charge in [-0.25, -0.2) is 0 Å². The van der Waals surface area contributed by atoms with Gasteiger partial charge in [-0.1, -0.05) is 19.4 Å². The van der Waals surface area contributed by atoms with E-state index < -0.39 is 0 Å². The van der Waals surface area contributed by atoms with Crippen LogP contribution in [0.4, 0.5) is 0 Å². The van der Waals surface area contributed by atoms with E-state index in [1.807, 2.05) is 18.2 Å². The molecule has 0 aliphatic carbocycles. The molecule has 0 fully saturated rings. The molecule has 0 amide bonds. The Balaban J connectivity index is 2.70. The van der Waals surface area contributed by atoms with Crippen LogP contribution in [0.25, 0.3) is 0 Å². The lowest BCUT2D eigenvalue weighted by atomic mass is 10.1. The first-order valence-corrected chi connectivity index (χ1v) is 6.06. The van der Waals surface area contributed by atoms with Gasteiger partial charge in [0.25, 0.3) is 0 Å². The van der Waals surface area contributed by atoms with Crippen molar-refractivity contribution in [2.24, 2.45) is 0 Å². The van der Waals surface area contributed by atoms with Gasteiger partial charge in [0.15, 0.2) is 11.5 Å². The average molecular weight is 238 g/mol. The van der Waals surface area contributed by atoms with Gasteiger partial charge in [0.2, 0.25) is 0 Å². The van der Waals surface area contributed by atoms with Crippen molar-refractivity contribution in [3.63, 3.8) is 0 Å². The average Bonchev–Trinajstić information content (AvgIpc) is 2.38. The van der Waals surface area contributed by atoms with E-state index in [0.717, 1.165) is 36.5 Å². The van der Waals surface area contributed by atoms with Crippen molar-refractivity contribution in [1.29, 1.82) is 0 Å². The highest BCUT2D eigenvalue weighted by Crippen LogP contribution is 2.30. The normalized spacial score (nSPS) is 12.2. The SMILES string of the molecule is CCCCOC(C)c1ccc(OC)c(OC)c1. The Kier molecular flexibility index (Phi) is 5.84. The summed E-state index contributed by atoms with van der Waals surface area (Å²) in [6.45, 7) is 5.01. The highest BCUT2D eigenvalue weighted by atomic mass is 16.5. The van der Waals surface area contributed by atoms with Gasteiger partial charge in [0, 0.05) is 6.61 Å². The highest BCUT2D eigenvalue weighted by Gasteiger charge is 2.10. The lowest BCUT2D eigenvalue weighted by Crippen LogP contribution is -2.02. The molecular formula is C14H22O3. The third kappa shape index (κ3) is 3.93. The molecule has 0 heterocycles. The summed E-state index contributed by atoms with van der Waals surface area (Å²) in [7, 11) is 3.28. The summed E-state index contributed by atoms with van der Waals surface area (Å²) in [5.41, 5.74) is 1.11. The maximum Gasteiger partial charge on any atom is 0.161 e. The summed E-state index contributed by atoms with van der Waals surface area (Å²) in [6, 6.07) is 5.89. The first kappa shape index (κ1) is 13.8. The molecule has 96 valence electrons. The molecule has 17 heavy (non-hydrogen) atoms. The molecule has 3 nitrogen and oxygen atoms in total. The van der Waals surface area contributed by atoms with E-state index in [1.54, 1.807) is 14.2 Å². The van der Waals surface area contributed by atoms with Gasteiger partial charge in [0.1, 0.15) is 0 Å². The Labute approximate surface area is 104 Å². The van der Waals surface area contributed by atoms with Gasteiger partial charge in [0.05, 0.1) is 20.3 Å². The first-order chi connectivity index (χ1) is 8.22. The predicted molar refractivity (Wildman–Crippen MR) is 68.8 cm³/mol. The van der Waals surface area contributed by atoms with Gasteiger partial charge in [-0.2, -0.15) is 0 Å². The molecule has 0 aliphatic heterocycles. The standard InChI is InChI=1S/C14H22O3/c1-5-6-9-17-11(2)12-7-8-13(15-3)14(10-12)16-4/h7-8,10-11H,5-6,9H2,1-4H3. The van der Waals surface area contributed by atoms with Gasteiger partial charge in [-0.3, -0.25) is 0 Å². The molecule has 1 rings (SSSR count). The predicted octanol–water partition coefficient (Wildman–Crippen LogP) is 3.58. The summed E-state index contributed by atoms with van der Waals surface area (Å²) in [4.78, 5) is 0. The number of unbranched alkanes of at least 4 members (excludes halogenated alkanes) is 1. The number of ether oxygens (including phenoxy) is 3. The van der Waals surface area contributed by atoms with Gasteiger partial charge < -0.3 is 14.2 Å². The van der Waals surface area contributed by atoms with Gasteiger partial charge in [-0.05, 0) is 31.0 Å². The van der Waals surface area contributed by atoms with Crippen LogP contribution in [0.3, 0.4) is 0 Å². The molecule has 0 aliphatic rings. The summed E-state index contributed by atoms with van der Waals surface area (Å²) in [6.07, 6.45) is 2.33. The second-order valence-corrected chi connectivity index (χ2v) is 3.98. The summed E-state index contributed by atoms with van der Waals surface area (Å²) in [5, 5.41) is 0. The number of rotatable bonds is 7. The minimum Gasteiger partial charge on any atom is -0.493 e. The zero-order chi connectivity index (χ0) is 12.7. The number of methoxy groups -OCH3 is 2. The largest absolute Gasteiger partial charge is 0.493 e.